The van der Waals surface area contributed by atoms with E-state index in [9.17, 15) is 24.3 Å². The molecule has 0 bridgehead atoms. The molecule has 1 saturated heterocycles. The Hall–Kier alpha value is -6.20. The SMILES string of the molecule is C=CCOC(=O)N1C[C@@H]2CC(c3ccc(OC)cc3)=CN2C(=O)c2cc(OC)c(OCCCOc3cc4c(cc3OC)C(=O)N3CC5(CC5)C[C@H]3C(O[Si](C)(C)C(C)(C)C)N4C(=O)O)cc21. The first-order valence-electron chi connectivity index (χ1n) is 22.4. The Balaban J connectivity index is 1.02. The van der Waals surface area contributed by atoms with Gasteiger partial charge in [-0.15, -0.1) is 0 Å². The van der Waals surface area contributed by atoms with E-state index in [1.807, 2.05) is 35.4 Å². The molecule has 3 atom stereocenters. The van der Waals surface area contributed by atoms with Crippen LogP contribution in [0.25, 0.3) is 5.57 Å². The lowest BCUT2D eigenvalue weighted by Crippen LogP contribution is -2.57. The first kappa shape index (κ1) is 46.3. The molecule has 352 valence electrons. The van der Waals surface area contributed by atoms with Gasteiger partial charge in [-0.3, -0.25) is 14.5 Å². The van der Waals surface area contributed by atoms with Crippen molar-refractivity contribution in [3.05, 3.63) is 84.1 Å². The Morgan fingerprint density at radius 2 is 1.50 bits per heavy atom. The van der Waals surface area contributed by atoms with Crippen molar-refractivity contribution in [3.8, 4) is 28.7 Å². The lowest BCUT2D eigenvalue weighted by molar-refractivity contribution is 0.0541. The quantitative estimate of drug-likeness (QED) is 0.0929. The van der Waals surface area contributed by atoms with E-state index in [1.165, 1.54) is 30.1 Å². The summed E-state index contributed by atoms with van der Waals surface area (Å²) in [5, 5.41) is 10.7. The van der Waals surface area contributed by atoms with Gasteiger partial charge in [-0.05, 0) is 84.6 Å². The molecule has 0 radical (unpaired) electrons. The molecular formula is C49H60N4O12Si. The van der Waals surface area contributed by atoms with E-state index >= 15 is 0 Å². The number of methoxy groups -OCH3 is 3. The Morgan fingerprint density at radius 1 is 0.879 bits per heavy atom. The number of hydrogen-bond donors (Lipinski definition) is 1. The van der Waals surface area contributed by atoms with Gasteiger partial charge in [0.1, 0.15) is 12.4 Å². The number of ether oxygens (including phenoxy) is 6. The largest absolute Gasteiger partial charge is 0.497 e. The summed E-state index contributed by atoms with van der Waals surface area (Å²) in [6.07, 6.45) is 4.02. The second kappa shape index (κ2) is 17.9. The van der Waals surface area contributed by atoms with E-state index < -0.39 is 32.8 Å². The molecule has 66 heavy (non-hydrogen) atoms. The highest BCUT2D eigenvalue weighted by atomic mass is 28.4. The predicted molar refractivity (Wildman–Crippen MR) is 250 cm³/mol. The Kier molecular flexibility index (Phi) is 12.6. The lowest BCUT2D eigenvalue weighted by Gasteiger charge is -2.44. The molecule has 4 aliphatic heterocycles. The third kappa shape index (κ3) is 8.65. The van der Waals surface area contributed by atoms with Gasteiger partial charge in [0.05, 0.1) is 75.7 Å². The zero-order chi connectivity index (χ0) is 47.3. The maximum Gasteiger partial charge on any atom is 0.414 e. The number of carbonyl (C=O) groups excluding carboxylic acids is 3. The molecule has 17 heteroatoms. The van der Waals surface area contributed by atoms with Gasteiger partial charge in [0.15, 0.2) is 37.5 Å². The fourth-order valence-corrected chi connectivity index (χ4v) is 10.3. The first-order valence-corrected chi connectivity index (χ1v) is 25.3. The highest BCUT2D eigenvalue weighted by Crippen LogP contribution is 2.58. The Labute approximate surface area is 386 Å². The molecule has 16 nitrogen and oxygen atoms in total. The lowest BCUT2D eigenvalue weighted by atomic mass is 10.0. The zero-order valence-electron chi connectivity index (χ0n) is 39.0. The number of hydrogen-bond acceptors (Lipinski definition) is 11. The van der Waals surface area contributed by atoms with Gasteiger partial charge < -0.3 is 47.8 Å². The highest BCUT2D eigenvalue weighted by Gasteiger charge is 2.59. The van der Waals surface area contributed by atoms with Crippen LogP contribution < -0.4 is 33.5 Å². The van der Waals surface area contributed by atoms with Gasteiger partial charge in [-0.2, -0.15) is 0 Å². The molecule has 4 heterocycles. The van der Waals surface area contributed by atoms with E-state index in [0.29, 0.717) is 37.2 Å². The smallest absolute Gasteiger partial charge is 0.414 e. The summed E-state index contributed by atoms with van der Waals surface area (Å²) in [7, 11) is 2.00. The van der Waals surface area contributed by atoms with Gasteiger partial charge in [-0.25, -0.2) is 14.5 Å². The molecule has 1 aliphatic carbocycles. The Morgan fingerprint density at radius 3 is 2.06 bits per heavy atom. The van der Waals surface area contributed by atoms with Crippen LogP contribution in [0, 0.1) is 5.41 Å². The number of amides is 4. The summed E-state index contributed by atoms with van der Waals surface area (Å²) in [6, 6.07) is 13.1. The zero-order valence-corrected chi connectivity index (χ0v) is 40.0. The average Bonchev–Trinajstić information content (AvgIpc) is 3.80. The van der Waals surface area contributed by atoms with E-state index in [-0.39, 0.29) is 88.7 Å². The van der Waals surface area contributed by atoms with Gasteiger partial charge in [0.2, 0.25) is 0 Å². The minimum Gasteiger partial charge on any atom is -0.497 e. The van der Waals surface area contributed by atoms with Crippen molar-refractivity contribution in [1.29, 1.82) is 0 Å². The van der Waals surface area contributed by atoms with E-state index in [0.717, 1.165) is 29.7 Å². The second-order valence-electron chi connectivity index (χ2n) is 19.1. The maximum absolute atomic E-state index is 14.4. The Bertz CT molecular complexity index is 2440. The van der Waals surface area contributed by atoms with Crippen LogP contribution in [0.15, 0.2) is 67.4 Å². The van der Waals surface area contributed by atoms with Crippen LogP contribution in [-0.2, 0) is 9.16 Å². The molecule has 2 fully saturated rings. The number of carbonyl (C=O) groups is 4. The summed E-state index contributed by atoms with van der Waals surface area (Å²) in [5.41, 5.74) is 2.80. The maximum atomic E-state index is 14.4. The number of benzene rings is 3. The molecule has 5 aliphatic rings. The molecule has 1 unspecified atom stereocenters. The van der Waals surface area contributed by atoms with Crippen LogP contribution in [-0.4, -0.2) is 120 Å². The molecule has 8 rings (SSSR count). The molecule has 0 aromatic heterocycles. The topological polar surface area (TPSA) is 166 Å². The highest BCUT2D eigenvalue weighted by molar-refractivity contribution is 6.74. The van der Waals surface area contributed by atoms with Crippen molar-refractivity contribution >= 4 is 49.3 Å². The number of carboxylic acid groups (broad SMARTS) is 1. The number of anilines is 2. The number of rotatable bonds is 14. The first-order chi connectivity index (χ1) is 31.4. The van der Waals surface area contributed by atoms with Gasteiger partial charge in [-0.1, -0.05) is 45.6 Å². The van der Waals surface area contributed by atoms with Gasteiger partial charge in [0, 0.05) is 31.3 Å². The van der Waals surface area contributed by atoms with Crippen molar-refractivity contribution in [2.24, 2.45) is 5.41 Å². The molecule has 1 N–H and O–H groups in total. The minimum absolute atomic E-state index is 0.0130. The van der Waals surface area contributed by atoms with Gasteiger partial charge in [0.25, 0.3) is 11.8 Å². The average molecular weight is 925 g/mol. The third-order valence-corrected chi connectivity index (χ3v) is 18.4. The molecule has 3 aromatic carbocycles. The van der Waals surface area contributed by atoms with Crippen molar-refractivity contribution in [1.82, 2.24) is 9.80 Å². The molecule has 4 amide bonds. The predicted octanol–water partition coefficient (Wildman–Crippen LogP) is 8.80. The van der Waals surface area contributed by atoms with Crippen LogP contribution in [0.1, 0.15) is 79.2 Å². The third-order valence-electron chi connectivity index (χ3n) is 13.9. The van der Waals surface area contributed by atoms with Gasteiger partial charge >= 0.3 is 12.2 Å². The van der Waals surface area contributed by atoms with E-state index in [2.05, 4.69) is 40.4 Å². The van der Waals surface area contributed by atoms with E-state index in [1.54, 1.807) is 36.3 Å². The van der Waals surface area contributed by atoms with Crippen LogP contribution >= 0.6 is 0 Å². The normalized spacial score (nSPS) is 20.6. The second-order valence-corrected chi connectivity index (χ2v) is 23.9. The van der Waals surface area contributed by atoms with Crippen molar-refractivity contribution in [3.63, 3.8) is 0 Å². The summed E-state index contributed by atoms with van der Waals surface area (Å²) in [4.78, 5) is 61.9. The van der Waals surface area contributed by atoms with Crippen molar-refractivity contribution in [2.45, 2.75) is 89.3 Å². The van der Waals surface area contributed by atoms with Crippen LogP contribution in [0.4, 0.5) is 21.0 Å². The fourth-order valence-electron chi connectivity index (χ4n) is 9.11. The van der Waals surface area contributed by atoms with Crippen LogP contribution in [0.2, 0.25) is 18.1 Å². The van der Waals surface area contributed by atoms with Crippen LogP contribution in [0.3, 0.4) is 0 Å². The molecule has 1 spiro atoms. The van der Waals surface area contributed by atoms with E-state index in [4.69, 9.17) is 32.8 Å². The van der Waals surface area contributed by atoms with Crippen LogP contribution in [0.5, 0.6) is 28.7 Å². The summed E-state index contributed by atoms with van der Waals surface area (Å²) < 4.78 is 41.8. The van der Waals surface area contributed by atoms with Crippen molar-refractivity contribution < 1.29 is 57.1 Å². The molecular weight excluding hydrogens is 865 g/mol. The standard InChI is InChI=1S/C49H60N4O12Si/c1-10-18-64-47(58)51-28-32-21-31(30-12-14-33(59-5)15-13-30)27-50(32)43(54)34-22-39(60-6)41(24-36(34)51)62-19-11-20-63-42-25-37-35(23-40(42)61-7)44(55)52-29-49(16-17-49)26-38(52)45(53(37)46(56)57)65-66(8,9)48(2,3)4/h10,12-15,22-25,27,32,38,45H,1,11,16-21,26,28-29H2,2-9H3,(H,56,57)/t32-,38-,45?/m0/s1. The molecule has 1 saturated carbocycles. The number of nitrogens with zero attached hydrogens (tertiary/aromatic N) is 4. The monoisotopic (exact) mass is 924 g/mol. The summed E-state index contributed by atoms with van der Waals surface area (Å²) in [6.45, 7) is 15.1. The fraction of sp³-hybridized carbons (Fsp3) is 0.469. The summed E-state index contributed by atoms with van der Waals surface area (Å²) >= 11 is 0. The minimum atomic E-state index is -2.55. The molecule has 3 aromatic rings. The number of fused-ring (bicyclic) bond motifs is 4. The summed E-state index contributed by atoms with van der Waals surface area (Å²) in [5.74, 6) is 1.26. The van der Waals surface area contributed by atoms with Crippen molar-refractivity contribution in [2.75, 3.05) is 64.0 Å².